The normalized spacial score (nSPS) is 17.6. The van der Waals surface area contributed by atoms with Crippen LogP contribution in [0.2, 0.25) is 0 Å². The van der Waals surface area contributed by atoms with Crippen molar-refractivity contribution >= 4 is 9.84 Å². The van der Waals surface area contributed by atoms with Gasteiger partial charge in [0.15, 0.2) is 9.84 Å². The van der Waals surface area contributed by atoms with Crippen LogP contribution >= 0.6 is 0 Å². The molecule has 1 aliphatic rings. The number of nitrogens with zero attached hydrogens (tertiary/aromatic N) is 4. The standard InChI is InChI=1S/C16H16N4O3S/c1-24(21,22)14-4-2-11(3-5-14)15-18-16(23-19-15)12-6-7-20-10-17-9-13(20)8-12/h2-5,9-10,12H,6-8H2,1H3/t12-/m1/s1. The summed E-state index contributed by atoms with van der Waals surface area (Å²) in [5, 5.41) is 4.04. The molecule has 8 heteroatoms. The molecule has 2 aromatic heterocycles. The monoisotopic (exact) mass is 344 g/mol. The number of rotatable bonds is 3. The van der Waals surface area contributed by atoms with Crippen molar-refractivity contribution in [1.29, 1.82) is 0 Å². The molecule has 0 aliphatic carbocycles. The van der Waals surface area contributed by atoms with Gasteiger partial charge in [-0.1, -0.05) is 5.16 Å². The fourth-order valence-corrected chi connectivity index (χ4v) is 3.58. The number of imidazole rings is 1. The zero-order valence-electron chi connectivity index (χ0n) is 13.1. The lowest BCUT2D eigenvalue weighted by Crippen LogP contribution is -2.17. The molecule has 124 valence electrons. The molecule has 0 N–H and O–H groups in total. The van der Waals surface area contributed by atoms with E-state index in [0.29, 0.717) is 11.7 Å². The second-order valence-electron chi connectivity index (χ2n) is 6.02. The van der Waals surface area contributed by atoms with Crippen molar-refractivity contribution in [1.82, 2.24) is 19.7 Å². The number of benzene rings is 1. The molecule has 0 radical (unpaired) electrons. The maximum Gasteiger partial charge on any atom is 0.230 e. The van der Waals surface area contributed by atoms with Gasteiger partial charge in [0.2, 0.25) is 11.7 Å². The highest BCUT2D eigenvalue weighted by molar-refractivity contribution is 7.90. The van der Waals surface area contributed by atoms with Crippen molar-refractivity contribution in [2.24, 2.45) is 0 Å². The van der Waals surface area contributed by atoms with Gasteiger partial charge in [-0.3, -0.25) is 0 Å². The Kier molecular flexibility index (Phi) is 3.49. The van der Waals surface area contributed by atoms with Gasteiger partial charge in [-0.15, -0.1) is 0 Å². The second kappa shape index (κ2) is 5.55. The Hall–Kier alpha value is -2.48. The lowest BCUT2D eigenvalue weighted by molar-refractivity contribution is 0.325. The fourth-order valence-electron chi connectivity index (χ4n) is 2.95. The fraction of sp³-hybridized carbons (Fsp3) is 0.312. The van der Waals surface area contributed by atoms with Crippen molar-refractivity contribution in [3.63, 3.8) is 0 Å². The predicted molar refractivity (Wildman–Crippen MR) is 86.1 cm³/mol. The topological polar surface area (TPSA) is 90.9 Å². The summed E-state index contributed by atoms with van der Waals surface area (Å²) in [7, 11) is -3.21. The van der Waals surface area contributed by atoms with E-state index in [1.165, 1.54) is 11.9 Å². The number of aryl methyl sites for hydroxylation is 1. The van der Waals surface area contributed by atoms with Crippen molar-refractivity contribution < 1.29 is 12.9 Å². The van der Waals surface area contributed by atoms with E-state index >= 15 is 0 Å². The van der Waals surface area contributed by atoms with E-state index in [2.05, 4.69) is 19.7 Å². The van der Waals surface area contributed by atoms with Gasteiger partial charge in [-0.05, 0) is 30.7 Å². The van der Waals surface area contributed by atoms with Crippen LogP contribution in [-0.2, 0) is 22.8 Å². The molecule has 0 saturated carbocycles. The van der Waals surface area contributed by atoms with Crippen molar-refractivity contribution in [3.8, 4) is 11.4 Å². The molecule has 3 aromatic rings. The maximum atomic E-state index is 11.5. The molecule has 0 saturated heterocycles. The minimum absolute atomic E-state index is 0.186. The SMILES string of the molecule is CS(=O)(=O)c1ccc(-c2noc([C@@H]3CCn4cncc4C3)n2)cc1. The Bertz CT molecular complexity index is 973. The van der Waals surface area contributed by atoms with Crippen LogP contribution in [0.4, 0.5) is 0 Å². The Morgan fingerprint density at radius 3 is 2.79 bits per heavy atom. The number of aromatic nitrogens is 4. The Morgan fingerprint density at radius 1 is 1.25 bits per heavy atom. The van der Waals surface area contributed by atoms with Crippen LogP contribution in [0.25, 0.3) is 11.4 Å². The third-order valence-corrected chi connectivity index (χ3v) is 5.43. The van der Waals surface area contributed by atoms with Crippen molar-refractivity contribution in [2.75, 3.05) is 6.26 Å². The Labute approximate surface area is 139 Å². The van der Waals surface area contributed by atoms with E-state index in [4.69, 9.17) is 4.52 Å². The predicted octanol–water partition coefficient (Wildman–Crippen LogP) is 2.07. The molecule has 7 nitrogen and oxygen atoms in total. The van der Waals surface area contributed by atoms with Gasteiger partial charge in [0.25, 0.3) is 0 Å². The minimum Gasteiger partial charge on any atom is -0.339 e. The Morgan fingerprint density at radius 2 is 2.04 bits per heavy atom. The lowest BCUT2D eigenvalue weighted by atomic mass is 9.96. The van der Waals surface area contributed by atoms with Crippen molar-refractivity contribution in [2.45, 2.75) is 30.2 Å². The molecular weight excluding hydrogens is 328 g/mol. The summed E-state index contributed by atoms with van der Waals surface area (Å²) in [5.41, 5.74) is 1.90. The van der Waals surface area contributed by atoms with E-state index in [1.807, 2.05) is 12.5 Å². The van der Waals surface area contributed by atoms with Gasteiger partial charge >= 0.3 is 0 Å². The summed E-state index contributed by atoms with van der Waals surface area (Å²) >= 11 is 0. The van der Waals surface area contributed by atoms with Crippen LogP contribution in [-0.4, -0.2) is 34.4 Å². The summed E-state index contributed by atoms with van der Waals surface area (Å²) in [4.78, 5) is 8.93. The van der Waals surface area contributed by atoms with Gasteiger partial charge in [0, 0.05) is 42.6 Å². The first-order valence-electron chi connectivity index (χ1n) is 7.64. The molecule has 1 aromatic carbocycles. The molecular formula is C16H16N4O3S. The van der Waals surface area contributed by atoms with Crippen LogP contribution in [0, 0.1) is 0 Å². The Balaban J connectivity index is 1.57. The average Bonchev–Trinajstić information content (AvgIpc) is 3.22. The van der Waals surface area contributed by atoms with Gasteiger partial charge in [-0.2, -0.15) is 4.98 Å². The molecule has 1 atom stereocenters. The number of hydrogen-bond donors (Lipinski definition) is 0. The number of fused-ring (bicyclic) bond motifs is 1. The van der Waals surface area contributed by atoms with Crippen LogP contribution in [0.1, 0.15) is 23.9 Å². The quantitative estimate of drug-likeness (QED) is 0.722. The summed E-state index contributed by atoms with van der Waals surface area (Å²) in [5.74, 6) is 1.28. The second-order valence-corrected chi connectivity index (χ2v) is 8.04. The van der Waals surface area contributed by atoms with Crippen LogP contribution in [0.3, 0.4) is 0 Å². The maximum absolute atomic E-state index is 11.5. The first kappa shape index (κ1) is 15.1. The highest BCUT2D eigenvalue weighted by Gasteiger charge is 2.25. The van der Waals surface area contributed by atoms with Gasteiger partial charge in [-0.25, -0.2) is 13.4 Å². The van der Waals surface area contributed by atoms with Gasteiger partial charge < -0.3 is 9.09 Å². The molecule has 1 aliphatic heterocycles. The largest absolute Gasteiger partial charge is 0.339 e. The smallest absolute Gasteiger partial charge is 0.230 e. The molecule has 0 amide bonds. The number of hydrogen-bond acceptors (Lipinski definition) is 6. The molecule has 3 heterocycles. The molecule has 0 unspecified atom stereocenters. The van der Waals surface area contributed by atoms with E-state index in [9.17, 15) is 8.42 Å². The third-order valence-electron chi connectivity index (χ3n) is 4.30. The molecule has 0 fully saturated rings. The van der Waals surface area contributed by atoms with Gasteiger partial charge in [0.1, 0.15) is 0 Å². The minimum atomic E-state index is -3.21. The zero-order valence-corrected chi connectivity index (χ0v) is 13.9. The zero-order chi connectivity index (χ0) is 16.7. The van der Waals surface area contributed by atoms with Gasteiger partial charge in [0.05, 0.1) is 11.2 Å². The van der Waals surface area contributed by atoms with Crippen molar-refractivity contribution in [3.05, 3.63) is 48.4 Å². The molecule has 4 rings (SSSR count). The first-order chi connectivity index (χ1) is 11.5. The lowest BCUT2D eigenvalue weighted by Gasteiger charge is -2.20. The summed E-state index contributed by atoms with van der Waals surface area (Å²) < 4.78 is 30.6. The van der Waals surface area contributed by atoms with E-state index < -0.39 is 9.84 Å². The average molecular weight is 344 g/mol. The number of sulfone groups is 1. The molecule has 0 spiro atoms. The summed E-state index contributed by atoms with van der Waals surface area (Å²) in [6, 6.07) is 6.50. The summed E-state index contributed by atoms with van der Waals surface area (Å²) in [6.07, 6.45) is 6.65. The van der Waals surface area contributed by atoms with E-state index in [1.54, 1.807) is 24.3 Å². The highest BCUT2D eigenvalue weighted by atomic mass is 32.2. The van der Waals surface area contributed by atoms with Crippen LogP contribution in [0.15, 0.2) is 46.2 Å². The first-order valence-corrected chi connectivity index (χ1v) is 9.53. The highest BCUT2D eigenvalue weighted by Crippen LogP contribution is 2.29. The van der Waals surface area contributed by atoms with Crippen LogP contribution < -0.4 is 0 Å². The van der Waals surface area contributed by atoms with E-state index in [-0.39, 0.29) is 10.8 Å². The van der Waals surface area contributed by atoms with Crippen LogP contribution in [0.5, 0.6) is 0 Å². The molecule has 0 bridgehead atoms. The summed E-state index contributed by atoms with van der Waals surface area (Å²) in [6.45, 7) is 0.890. The van der Waals surface area contributed by atoms with E-state index in [0.717, 1.165) is 24.9 Å². The third kappa shape index (κ3) is 2.73. The molecule has 24 heavy (non-hydrogen) atoms.